The Hall–Kier alpha value is -1.36. The molecule has 0 atom stereocenters. The Balaban J connectivity index is 1.78. The third-order valence-corrected chi connectivity index (χ3v) is 3.73. The van der Waals surface area contributed by atoms with E-state index >= 15 is 0 Å². The lowest BCUT2D eigenvalue weighted by atomic mass is 10.0. The van der Waals surface area contributed by atoms with Crippen molar-refractivity contribution in [1.82, 2.24) is 0 Å². The second kappa shape index (κ2) is 7.07. The van der Waals surface area contributed by atoms with Gasteiger partial charge >= 0.3 is 6.18 Å². The molecule has 0 saturated heterocycles. The minimum absolute atomic E-state index is 0.0562. The van der Waals surface area contributed by atoms with Crippen LogP contribution in [-0.2, 0) is 22.1 Å². The Labute approximate surface area is 122 Å². The van der Waals surface area contributed by atoms with Gasteiger partial charge in [0.25, 0.3) is 0 Å². The van der Waals surface area contributed by atoms with Gasteiger partial charge in [0.1, 0.15) is 6.61 Å². The number of ketones is 1. The number of hydrogen-bond acceptors (Lipinski definition) is 2. The molecular weight excluding hydrogens is 281 g/mol. The van der Waals surface area contributed by atoms with Crippen molar-refractivity contribution in [3.63, 3.8) is 0 Å². The third kappa shape index (κ3) is 5.16. The number of hydrogen-bond donors (Lipinski definition) is 0. The van der Waals surface area contributed by atoms with Crippen molar-refractivity contribution < 1.29 is 22.7 Å². The molecule has 116 valence electrons. The highest BCUT2D eigenvalue weighted by molar-refractivity contribution is 5.79. The molecule has 1 saturated carbocycles. The number of aryl methyl sites for hydroxylation is 1. The normalized spacial score (nSPS) is 16.3. The van der Waals surface area contributed by atoms with Gasteiger partial charge in [0.15, 0.2) is 5.78 Å². The van der Waals surface area contributed by atoms with Crippen LogP contribution >= 0.6 is 0 Å². The van der Waals surface area contributed by atoms with Crippen molar-refractivity contribution in [3.05, 3.63) is 35.4 Å². The summed E-state index contributed by atoms with van der Waals surface area (Å²) in [6.07, 6.45) is 0.659. The van der Waals surface area contributed by atoms with Crippen LogP contribution in [0.2, 0.25) is 0 Å². The van der Waals surface area contributed by atoms with E-state index in [1.54, 1.807) is 6.07 Å². The van der Waals surface area contributed by atoms with E-state index in [9.17, 15) is 18.0 Å². The van der Waals surface area contributed by atoms with Crippen molar-refractivity contribution in [2.75, 3.05) is 6.61 Å². The second-order valence-corrected chi connectivity index (χ2v) is 5.45. The van der Waals surface area contributed by atoms with Crippen molar-refractivity contribution in [1.29, 1.82) is 0 Å². The van der Waals surface area contributed by atoms with Gasteiger partial charge in [-0.1, -0.05) is 31.0 Å². The van der Waals surface area contributed by atoms with Crippen LogP contribution in [-0.4, -0.2) is 18.5 Å². The minimum atomic E-state index is -4.34. The zero-order chi connectivity index (χ0) is 15.3. The summed E-state index contributed by atoms with van der Waals surface area (Å²) in [6, 6.07) is 5.12. The fourth-order valence-corrected chi connectivity index (χ4v) is 2.52. The van der Waals surface area contributed by atoms with E-state index in [4.69, 9.17) is 4.74 Å². The minimum Gasteiger partial charge on any atom is -0.370 e. The summed E-state index contributed by atoms with van der Waals surface area (Å²) in [5, 5.41) is 0. The molecule has 0 amide bonds. The van der Waals surface area contributed by atoms with Gasteiger partial charge in [-0.15, -0.1) is 0 Å². The van der Waals surface area contributed by atoms with Crippen LogP contribution in [0, 0.1) is 0 Å². The lowest BCUT2D eigenvalue weighted by Gasteiger charge is -2.11. The molecule has 21 heavy (non-hydrogen) atoms. The first-order chi connectivity index (χ1) is 9.95. The lowest BCUT2D eigenvalue weighted by Crippen LogP contribution is -2.16. The molecule has 1 aliphatic carbocycles. The van der Waals surface area contributed by atoms with Gasteiger partial charge in [-0.2, -0.15) is 13.2 Å². The van der Waals surface area contributed by atoms with E-state index in [2.05, 4.69) is 0 Å². The van der Waals surface area contributed by atoms with E-state index < -0.39 is 11.7 Å². The van der Waals surface area contributed by atoms with Crippen LogP contribution in [0.15, 0.2) is 24.3 Å². The zero-order valence-electron chi connectivity index (χ0n) is 11.8. The predicted molar refractivity (Wildman–Crippen MR) is 73.0 cm³/mol. The molecule has 0 unspecified atom stereocenters. The number of alkyl halides is 3. The molecule has 0 N–H and O–H groups in total. The summed E-state index contributed by atoms with van der Waals surface area (Å²) >= 11 is 0. The molecular formula is C16H19F3O2. The first kappa shape index (κ1) is 16.0. The molecule has 5 heteroatoms. The number of halogens is 3. The van der Waals surface area contributed by atoms with Gasteiger partial charge in [0, 0.05) is 6.42 Å². The van der Waals surface area contributed by atoms with E-state index in [-0.39, 0.29) is 24.9 Å². The fourth-order valence-electron chi connectivity index (χ4n) is 2.52. The zero-order valence-corrected chi connectivity index (χ0v) is 11.8. The van der Waals surface area contributed by atoms with Crippen LogP contribution < -0.4 is 0 Å². The summed E-state index contributed by atoms with van der Waals surface area (Å²) < 4.78 is 43.2. The van der Waals surface area contributed by atoms with Crippen molar-refractivity contribution >= 4 is 5.78 Å². The Kier molecular flexibility index (Phi) is 5.39. The average Bonchev–Trinajstić information content (AvgIpc) is 2.95. The first-order valence-electron chi connectivity index (χ1n) is 7.24. The Bertz CT molecular complexity index is 477. The molecule has 1 aromatic rings. The van der Waals surface area contributed by atoms with Crippen molar-refractivity contribution in [2.45, 2.75) is 50.8 Å². The van der Waals surface area contributed by atoms with Gasteiger partial charge in [-0.05, 0) is 30.9 Å². The number of rotatable bonds is 6. The average molecular weight is 300 g/mol. The molecule has 0 aliphatic heterocycles. The Morgan fingerprint density at radius 2 is 1.95 bits per heavy atom. The summed E-state index contributed by atoms with van der Waals surface area (Å²) in [5.41, 5.74) is -0.145. The molecule has 0 bridgehead atoms. The molecule has 1 fully saturated rings. The smallest absolute Gasteiger partial charge is 0.370 e. The van der Waals surface area contributed by atoms with E-state index in [0.29, 0.717) is 12.0 Å². The summed E-state index contributed by atoms with van der Waals surface area (Å²) in [7, 11) is 0. The molecule has 1 aromatic carbocycles. The maximum Gasteiger partial charge on any atom is 0.416 e. The number of benzene rings is 1. The molecule has 0 radical (unpaired) electrons. The first-order valence-corrected chi connectivity index (χ1v) is 7.24. The third-order valence-electron chi connectivity index (χ3n) is 3.73. The molecule has 1 aliphatic rings. The maximum atomic E-state index is 12.6. The largest absolute Gasteiger partial charge is 0.416 e. The van der Waals surface area contributed by atoms with Crippen LogP contribution in [0.5, 0.6) is 0 Å². The summed E-state index contributed by atoms with van der Waals surface area (Å²) in [5.74, 6) is -0.0562. The predicted octanol–water partition coefficient (Wildman–Crippen LogP) is 4.17. The van der Waals surface area contributed by atoms with Gasteiger partial charge in [-0.3, -0.25) is 4.79 Å². The van der Waals surface area contributed by atoms with Gasteiger partial charge in [0.2, 0.25) is 0 Å². The standard InChI is InChI=1S/C16H19F3O2/c17-16(18,19)13-5-3-4-12(10-13)8-9-14(20)11-21-15-6-1-2-7-15/h3-5,10,15H,1-2,6-9,11H2. The lowest BCUT2D eigenvalue weighted by molar-refractivity contribution is -0.137. The fraction of sp³-hybridized carbons (Fsp3) is 0.562. The summed E-state index contributed by atoms with van der Waals surface area (Å²) in [4.78, 5) is 11.7. The van der Waals surface area contributed by atoms with Crippen molar-refractivity contribution in [3.8, 4) is 0 Å². The van der Waals surface area contributed by atoms with Crippen LogP contribution in [0.25, 0.3) is 0 Å². The highest BCUT2D eigenvalue weighted by Gasteiger charge is 2.30. The van der Waals surface area contributed by atoms with Gasteiger partial charge < -0.3 is 4.74 Å². The number of carbonyl (C=O) groups excluding carboxylic acids is 1. The maximum absolute atomic E-state index is 12.6. The number of Topliss-reactive ketones (excluding diaryl/α,β-unsaturated/α-hetero) is 1. The van der Waals surface area contributed by atoms with Gasteiger partial charge in [0.05, 0.1) is 11.7 Å². The number of ether oxygens (including phenoxy) is 1. The van der Waals surface area contributed by atoms with Crippen molar-refractivity contribution in [2.24, 2.45) is 0 Å². The molecule has 2 rings (SSSR count). The Morgan fingerprint density at radius 1 is 1.24 bits per heavy atom. The summed E-state index contributed by atoms with van der Waals surface area (Å²) in [6.45, 7) is 0.0730. The van der Waals surface area contributed by atoms with Crippen LogP contribution in [0.1, 0.15) is 43.2 Å². The molecule has 0 aromatic heterocycles. The SMILES string of the molecule is O=C(CCc1cccc(C(F)(F)F)c1)COC1CCCC1. The highest BCUT2D eigenvalue weighted by Crippen LogP contribution is 2.29. The number of carbonyl (C=O) groups is 1. The van der Waals surface area contributed by atoms with Crippen LogP contribution in [0.3, 0.4) is 0 Å². The molecule has 2 nitrogen and oxygen atoms in total. The second-order valence-electron chi connectivity index (χ2n) is 5.45. The van der Waals surface area contributed by atoms with Crippen LogP contribution in [0.4, 0.5) is 13.2 Å². The molecule has 0 heterocycles. The molecule has 0 spiro atoms. The monoisotopic (exact) mass is 300 g/mol. The topological polar surface area (TPSA) is 26.3 Å². The Morgan fingerprint density at radius 3 is 2.62 bits per heavy atom. The highest BCUT2D eigenvalue weighted by atomic mass is 19.4. The quantitative estimate of drug-likeness (QED) is 0.788. The van der Waals surface area contributed by atoms with Gasteiger partial charge in [-0.25, -0.2) is 0 Å². The van der Waals surface area contributed by atoms with E-state index in [0.717, 1.165) is 37.8 Å². The van der Waals surface area contributed by atoms with E-state index in [1.807, 2.05) is 0 Å². The van der Waals surface area contributed by atoms with E-state index in [1.165, 1.54) is 6.07 Å².